The highest BCUT2D eigenvalue weighted by atomic mass is 16.5. The summed E-state index contributed by atoms with van der Waals surface area (Å²) in [6, 6.07) is 7.51. The van der Waals surface area contributed by atoms with Crippen molar-refractivity contribution in [1.82, 2.24) is 0 Å². The smallest absolute Gasteiger partial charge is 0.253 e. The lowest BCUT2D eigenvalue weighted by atomic mass is 10.1. The minimum absolute atomic E-state index is 0.120. The van der Waals surface area contributed by atoms with E-state index in [1.807, 2.05) is 24.3 Å². The van der Waals surface area contributed by atoms with E-state index >= 15 is 0 Å². The van der Waals surface area contributed by atoms with Gasteiger partial charge in [0.15, 0.2) is 0 Å². The summed E-state index contributed by atoms with van der Waals surface area (Å²) in [6.45, 7) is 3.47. The molecular weight excluding hydrogens is 268 g/mol. The minimum atomic E-state index is -0.503. The van der Waals surface area contributed by atoms with Gasteiger partial charge in [0.2, 0.25) is 0 Å². The average Bonchev–Trinajstić information content (AvgIpc) is 2.53. The first-order valence-electron chi connectivity index (χ1n) is 7.52. The van der Waals surface area contributed by atoms with E-state index in [-0.39, 0.29) is 12.0 Å². The van der Waals surface area contributed by atoms with Crippen LogP contribution in [0.15, 0.2) is 24.3 Å². The number of hydrogen-bond acceptors (Lipinski definition) is 4. The van der Waals surface area contributed by atoms with E-state index in [1.54, 1.807) is 6.92 Å². The highest BCUT2D eigenvalue weighted by Crippen LogP contribution is 2.14. The number of benzene rings is 1. The number of rotatable bonds is 6. The molecule has 1 aromatic rings. The van der Waals surface area contributed by atoms with Gasteiger partial charge in [-0.1, -0.05) is 12.1 Å². The van der Waals surface area contributed by atoms with Crippen molar-refractivity contribution in [3.8, 4) is 0 Å². The summed E-state index contributed by atoms with van der Waals surface area (Å²) in [5, 5.41) is 2.84. The van der Waals surface area contributed by atoms with E-state index in [0.717, 1.165) is 30.7 Å². The van der Waals surface area contributed by atoms with Crippen LogP contribution in [-0.2, 0) is 20.8 Å². The molecule has 2 atom stereocenters. The minimum Gasteiger partial charge on any atom is -0.376 e. The molecular formula is C16H24N2O3. The average molecular weight is 292 g/mol. The molecule has 1 fully saturated rings. The van der Waals surface area contributed by atoms with Crippen molar-refractivity contribution in [2.45, 2.75) is 44.9 Å². The van der Waals surface area contributed by atoms with Crippen molar-refractivity contribution in [3.05, 3.63) is 29.8 Å². The topological polar surface area (TPSA) is 73.6 Å². The van der Waals surface area contributed by atoms with Crippen LogP contribution in [0.5, 0.6) is 0 Å². The third-order valence-electron chi connectivity index (χ3n) is 3.61. The van der Waals surface area contributed by atoms with Crippen LogP contribution in [0.3, 0.4) is 0 Å². The third-order valence-corrected chi connectivity index (χ3v) is 3.61. The lowest BCUT2D eigenvalue weighted by Crippen LogP contribution is -2.32. The maximum absolute atomic E-state index is 12.1. The standard InChI is InChI=1S/C16H24N2O3/c1-12(21-11-15-7-2-3-8-20-15)16(19)18-14-6-4-5-13(9-14)10-17/h4-6,9,12,15H,2-3,7-8,10-11,17H2,1H3,(H,18,19). The molecule has 3 N–H and O–H groups in total. The predicted octanol–water partition coefficient (Wildman–Crippen LogP) is 2.06. The van der Waals surface area contributed by atoms with Gasteiger partial charge < -0.3 is 20.5 Å². The molecule has 0 bridgehead atoms. The molecule has 1 heterocycles. The van der Waals surface area contributed by atoms with Crippen LogP contribution in [0.4, 0.5) is 5.69 Å². The van der Waals surface area contributed by atoms with Gasteiger partial charge in [-0.15, -0.1) is 0 Å². The van der Waals surface area contributed by atoms with Gasteiger partial charge in [-0.05, 0) is 43.9 Å². The lowest BCUT2D eigenvalue weighted by Gasteiger charge is -2.23. The van der Waals surface area contributed by atoms with Crippen LogP contribution < -0.4 is 11.1 Å². The number of carbonyl (C=O) groups excluding carboxylic acids is 1. The number of anilines is 1. The molecule has 1 aliphatic heterocycles. The lowest BCUT2D eigenvalue weighted by molar-refractivity contribution is -0.130. The van der Waals surface area contributed by atoms with E-state index in [2.05, 4.69) is 5.32 Å². The molecule has 0 aromatic heterocycles. The summed E-state index contributed by atoms with van der Waals surface area (Å²) < 4.78 is 11.2. The van der Waals surface area contributed by atoms with Crippen LogP contribution in [-0.4, -0.2) is 31.3 Å². The highest BCUT2D eigenvalue weighted by Gasteiger charge is 2.19. The molecule has 5 nitrogen and oxygen atoms in total. The predicted molar refractivity (Wildman–Crippen MR) is 82.0 cm³/mol. The van der Waals surface area contributed by atoms with Crippen molar-refractivity contribution in [1.29, 1.82) is 0 Å². The van der Waals surface area contributed by atoms with Crippen molar-refractivity contribution < 1.29 is 14.3 Å². The summed E-state index contributed by atoms with van der Waals surface area (Å²) in [5.74, 6) is -0.153. The Labute approximate surface area is 125 Å². The van der Waals surface area contributed by atoms with Gasteiger partial charge in [-0.25, -0.2) is 0 Å². The normalized spacial score (nSPS) is 20.0. The fraction of sp³-hybridized carbons (Fsp3) is 0.562. The number of ether oxygens (including phenoxy) is 2. The molecule has 1 saturated heterocycles. The monoisotopic (exact) mass is 292 g/mol. The van der Waals surface area contributed by atoms with Gasteiger partial charge in [0.1, 0.15) is 6.10 Å². The van der Waals surface area contributed by atoms with Crippen LogP contribution in [0, 0.1) is 0 Å². The van der Waals surface area contributed by atoms with Gasteiger partial charge in [0.25, 0.3) is 5.91 Å². The quantitative estimate of drug-likeness (QED) is 0.841. The second-order valence-electron chi connectivity index (χ2n) is 5.36. The van der Waals surface area contributed by atoms with Crippen LogP contribution in [0.2, 0.25) is 0 Å². The summed E-state index contributed by atoms with van der Waals surface area (Å²) >= 11 is 0. The van der Waals surface area contributed by atoms with Crippen LogP contribution in [0.1, 0.15) is 31.7 Å². The Morgan fingerprint density at radius 3 is 3.10 bits per heavy atom. The van der Waals surface area contributed by atoms with E-state index in [9.17, 15) is 4.79 Å². The number of hydrogen-bond donors (Lipinski definition) is 2. The summed E-state index contributed by atoms with van der Waals surface area (Å²) in [5.41, 5.74) is 7.31. The van der Waals surface area contributed by atoms with E-state index in [1.165, 1.54) is 6.42 Å². The third kappa shape index (κ3) is 5.12. The molecule has 21 heavy (non-hydrogen) atoms. The van der Waals surface area contributed by atoms with Gasteiger partial charge in [-0.3, -0.25) is 4.79 Å². The Balaban J connectivity index is 1.78. The molecule has 0 spiro atoms. The molecule has 1 aromatic carbocycles. The highest BCUT2D eigenvalue weighted by molar-refractivity contribution is 5.93. The molecule has 0 radical (unpaired) electrons. The number of amides is 1. The zero-order valence-corrected chi connectivity index (χ0v) is 12.5. The van der Waals surface area contributed by atoms with E-state index in [4.69, 9.17) is 15.2 Å². The molecule has 0 saturated carbocycles. The Kier molecular flexibility index (Phi) is 6.17. The first-order valence-corrected chi connectivity index (χ1v) is 7.52. The Morgan fingerprint density at radius 1 is 1.52 bits per heavy atom. The second-order valence-corrected chi connectivity index (χ2v) is 5.36. The maximum atomic E-state index is 12.1. The number of nitrogens with one attached hydrogen (secondary N) is 1. The van der Waals surface area contributed by atoms with Crippen molar-refractivity contribution in [3.63, 3.8) is 0 Å². The second kappa shape index (κ2) is 8.12. The summed E-state index contributed by atoms with van der Waals surface area (Å²) in [4.78, 5) is 12.1. The molecule has 1 amide bonds. The molecule has 2 rings (SSSR count). The van der Waals surface area contributed by atoms with Crippen LogP contribution >= 0.6 is 0 Å². The molecule has 0 aliphatic carbocycles. The zero-order valence-electron chi connectivity index (χ0n) is 12.5. The van der Waals surface area contributed by atoms with Gasteiger partial charge in [0, 0.05) is 18.8 Å². The van der Waals surface area contributed by atoms with Gasteiger partial charge in [-0.2, -0.15) is 0 Å². The number of nitrogens with two attached hydrogens (primary N) is 1. The molecule has 5 heteroatoms. The van der Waals surface area contributed by atoms with Crippen molar-refractivity contribution in [2.75, 3.05) is 18.5 Å². The first kappa shape index (κ1) is 15.9. The van der Waals surface area contributed by atoms with Crippen molar-refractivity contribution in [2.24, 2.45) is 5.73 Å². The Bertz CT molecular complexity index is 459. The number of carbonyl (C=O) groups is 1. The van der Waals surface area contributed by atoms with Crippen molar-refractivity contribution >= 4 is 11.6 Å². The van der Waals surface area contributed by atoms with E-state index in [0.29, 0.717) is 13.2 Å². The molecule has 116 valence electrons. The summed E-state index contributed by atoms with van der Waals surface area (Å²) in [6.07, 6.45) is 2.91. The largest absolute Gasteiger partial charge is 0.376 e. The first-order chi connectivity index (χ1) is 10.2. The molecule has 1 aliphatic rings. The van der Waals surface area contributed by atoms with Gasteiger partial charge >= 0.3 is 0 Å². The Morgan fingerprint density at radius 2 is 2.38 bits per heavy atom. The Hall–Kier alpha value is -1.43. The fourth-order valence-corrected chi connectivity index (χ4v) is 2.29. The van der Waals surface area contributed by atoms with Gasteiger partial charge in [0.05, 0.1) is 12.7 Å². The van der Waals surface area contributed by atoms with Crippen LogP contribution in [0.25, 0.3) is 0 Å². The SMILES string of the molecule is CC(OCC1CCCCO1)C(=O)Nc1cccc(CN)c1. The summed E-state index contributed by atoms with van der Waals surface area (Å²) in [7, 11) is 0. The van der Waals surface area contributed by atoms with E-state index < -0.39 is 6.10 Å². The molecule has 2 unspecified atom stereocenters. The fourth-order valence-electron chi connectivity index (χ4n) is 2.29. The zero-order chi connectivity index (χ0) is 15.1. The maximum Gasteiger partial charge on any atom is 0.253 e.